The van der Waals surface area contributed by atoms with E-state index in [0.717, 1.165) is 0 Å². The number of carbonyl (C=O) groups is 2. The highest BCUT2D eigenvalue weighted by molar-refractivity contribution is 6.31. The number of pyridine rings is 1. The molecule has 0 atom stereocenters. The molecular weight excluding hydrogens is 369 g/mol. The summed E-state index contributed by atoms with van der Waals surface area (Å²) in [6.45, 7) is 1.48. The highest BCUT2D eigenvalue weighted by Crippen LogP contribution is 2.22. The second-order valence-electron chi connectivity index (χ2n) is 5.77. The molecule has 2 aromatic carbocycles. The number of carbonyl (C=O) groups excluding carboxylic acids is 2. The zero-order valence-electron chi connectivity index (χ0n) is 14.3. The van der Waals surface area contributed by atoms with Crippen molar-refractivity contribution in [2.75, 3.05) is 10.6 Å². The largest absolute Gasteiger partial charge is 0.340 e. The van der Waals surface area contributed by atoms with E-state index in [1.807, 2.05) is 0 Å². The Labute approximate surface area is 160 Å². The Balaban J connectivity index is 1.66. The maximum atomic E-state index is 13.2. The topological polar surface area (TPSA) is 71.1 Å². The van der Waals surface area contributed by atoms with Crippen LogP contribution in [0.3, 0.4) is 0 Å². The van der Waals surface area contributed by atoms with E-state index in [2.05, 4.69) is 15.6 Å². The Morgan fingerprint density at radius 2 is 1.63 bits per heavy atom. The molecule has 0 radical (unpaired) electrons. The Bertz CT molecular complexity index is 989. The smallest absolute Gasteiger partial charge is 0.257 e. The number of rotatable bonds is 5. The summed E-state index contributed by atoms with van der Waals surface area (Å²) >= 11 is 5.74. The highest BCUT2D eigenvalue weighted by atomic mass is 35.5. The first kappa shape index (κ1) is 18.5. The van der Waals surface area contributed by atoms with Gasteiger partial charge in [-0.2, -0.15) is 0 Å². The van der Waals surface area contributed by atoms with Gasteiger partial charge in [0.05, 0.1) is 10.6 Å². The van der Waals surface area contributed by atoms with Crippen LogP contribution in [0.15, 0.2) is 60.8 Å². The van der Waals surface area contributed by atoms with Crippen LogP contribution in [-0.2, 0) is 0 Å². The molecule has 7 heteroatoms. The van der Waals surface area contributed by atoms with E-state index in [-0.39, 0.29) is 16.7 Å². The molecule has 1 heterocycles. The summed E-state index contributed by atoms with van der Waals surface area (Å²) < 4.78 is 13.2. The third-order valence-electron chi connectivity index (χ3n) is 3.77. The minimum atomic E-state index is -0.501. The number of benzene rings is 2. The molecule has 136 valence electrons. The lowest BCUT2D eigenvalue weighted by Crippen LogP contribution is -2.12. The molecule has 1 aromatic heterocycles. The molecule has 3 aromatic rings. The quantitative estimate of drug-likeness (QED) is 0.603. The van der Waals surface area contributed by atoms with Crippen LogP contribution in [0.1, 0.15) is 27.6 Å². The molecule has 5 nitrogen and oxygen atoms in total. The Kier molecular flexibility index (Phi) is 5.47. The molecule has 27 heavy (non-hydrogen) atoms. The highest BCUT2D eigenvalue weighted by Gasteiger charge is 2.08. The van der Waals surface area contributed by atoms with Gasteiger partial charge in [-0.3, -0.25) is 9.59 Å². The summed E-state index contributed by atoms with van der Waals surface area (Å²) in [5.41, 5.74) is 2.10. The zero-order chi connectivity index (χ0) is 19.4. The molecule has 0 bridgehead atoms. The SMILES string of the molecule is CC(=O)c1ccc(NC(=O)c2ccc(Nc3ccc(F)c(Cl)c3)nc2)cc1. The van der Waals surface area contributed by atoms with E-state index in [1.165, 1.54) is 31.3 Å². The molecule has 1 amide bonds. The third kappa shape index (κ3) is 4.68. The van der Waals surface area contributed by atoms with Gasteiger partial charge in [0, 0.05) is 23.1 Å². The summed E-state index contributed by atoms with van der Waals surface area (Å²) in [4.78, 5) is 27.7. The summed E-state index contributed by atoms with van der Waals surface area (Å²) in [5.74, 6) is -0.379. The molecule has 0 saturated carbocycles. The third-order valence-corrected chi connectivity index (χ3v) is 4.06. The van der Waals surface area contributed by atoms with Gasteiger partial charge in [-0.25, -0.2) is 9.37 Å². The van der Waals surface area contributed by atoms with Gasteiger partial charge in [0.2, 0.25) is 0 Å². The van der Waals surface area contributed by atoms with Crippen molar-refractivity contribution in [2.45, 2.75) is 6.92 Å². The van der Waals surface area contributed by atoms with E-state index in [9.17, 15) is 14.0 Å². The Morgan fingerprint density at radius 1 is 0.963 bits per heavy atom. The number of Topliss-reactive ketones (excluding diaryl/α,β-unsaturated/α-hetero) is 1. The van der Waals surface area contributed by atoms with Crippen LogP contribution in [0.25, 0.3) is 0 Å². The maximum Gasteiger partial charge on any atom is 0.257 e. The monoisotopic (exact) mass is 383 g/mol. The van der Waals surface area contributed by atoms with E-state index in [1.54, 1.807) is 36.4 Å². The standard InChI is InChI=1S/C20H15ClFN3O2/c1-12(26)13-2-5-15(6-3-13)25-20(27)14-4-9-19(23-11-14)24-16-7-8-18(22)17(21)10-16/h2-11H,1H3,(H,23,24)(H,25,27). The zero-order valence-corrected chi connectivity index (χ0v) is 15.0. The van der Waals surface area contributed by atoms with Crippen molar-refractivity contribution in [2.24, 2.45) is 0 Å². The van der Waals surface area contributed by atoms with Gasteiger partial charge in [0.1, 0.15) is 11.6 Å². The lowest BCUT2D eigenvalue weighted by Gasteiger charge is -2.08. The Morgan fingerprint density at radius 3 is 2.22 bits per heavy atom. The predicted octanol–water partition coefficient (Wildman–Crippen LogP) is 5.07. The first-order chi connectivity index (χ1) is 12.9. The van der Waals surface area contributed by atoms with Crippen molar-refractivity contribution in [3.63, 3.8) is 0 Å². The van der Waals surface area contributed by atoms with Crippen LogP contribution < -0.4 is 10.6 Å². The average Bonchev–Trinajstić information content (AvgIpc) is 2.66. The maximum absolute atomic E-state index is 13.2. The molecule has 0 unspecified atom stereocenters. The minimum absolute atomic E-state index is 0.00629. The fourth-order valence-electron chi connectivity index (χ4n) is 2.32. The van der Waals surface area contributed by atoms with Gasteiger partial charge in [0.25, 0.3) is 5.91 Å². The minimum Gasteiger partial charge on any atom is -0.340 e. The number of hydrogen-bond donors (Lipinski definition) is 2. The van der Waals surface area contributed by atoms with Crippen LogP contribution in [0.2, 0.25) is 5.02 Å². The number of amides is 1. The molecule has 3 rings (SSSR count). The van der Waals surface area contributed by atoms with Gasteiger partial charge >= 0.3 is 0 Å². The summed E-state index contributed by atoms with van der Waals surface area (Å²) in [6.07, 6.45) is 1.42. The number of nitrogens with one attached hydrogen (secondary N) is 2. The van der Waals surface area contributed by atoms with Gasteiger partial charge in [0.15, 0.2) is 5.78 Å². The van der Waals surface area contributed by atoms with E-state index >= 15 is 0 Å². The van der Waals surface area contributed by atoms with Crippen molar-refractivity contribution < 1.29 is 14.0 Å². The number of hydrogen-bond acceptors (Lipinski definition) is 4. The van der Waals surface area contributed by atoms with Crippen molar-refractivity contribution in [1.29, 1.82) is 0 Å². The Hall–Kier alpha value is -3.25. The molecule has 0 aliphatic carbocycles. The van der Waals surface area contributed by atoms with Gasteiger partial charge < -0.3 is 10.6 Å². The predicted molar refractivity (Wildman–Crippen MR) is 103 cm³/mol. The van der Waals surface area contributed by atoms with Crippen molar-refractivity contribution in [1.82, 2.24) is 4.98 Å². The van der Waals surface area contributed by atoms with Gasteiger partial charge in [-0.15, -0.1) is 0 Å². The number of anilines is 3. The molecule has 0 spiro atoms. The average molecular weight is 384 g/mol. The summed E-state index contributed by atoms with van der Waals surface area (Å²) in [7, 11) is 0. The van der Waals surface area contributed by atoms with Crippen LogP contribution >= 0.6 is 11.6 Å². The van der Waals surface area contributed by atoms with E-state index < -0.39 is 5.82 Å². The number of ketones is 1. The molecule has 0 saturated heterocycles. The van der Waals surface area contributed by atoms with E-state index in [4.69, 9.17) is 11.6 Å². The van der Waals surface area contributed by atoms with Crippen LogP contribution in [0, 0.1) is 5.82 Å². The van der Waals surface area contributed by atoms with Gasteiger partial charge in [-0.1, -0.05) is 11.6 Å². The van der Waals surface area contributed by atoms with Crippen molar-refractivity contribution >= 4 is 40.5 Å². The van der Waals surface area contributed by atoms with Crippen molar-refractivity contribution in [3.05, 3.63) is 82.8 Å². The fourth-order valence-corrected chi connectivity index (χ4v) is 2.50. The molecule has 2 N–H and O–H groups in total. The second-order valence-corrected chi connectivity index (χ2v) is 6.18. The summed E-state index contributed by atoms with van der Waals surface area (Å²) in [6, 6.07) is 14.1. The molecule has 0 aliphatic heterocycles. The first-order valence-corrected chi connectivity index (χ1v) is 8.40. The molecule has 0 aliphatic rings. The number of aromatic nitrogens is 1. The lowest BCUT2D eigenvalue weighted by atomic mass is 10.1. The fraction of sp³-hybridized carbons (Fsp3) is 0.0500. The number of nitrogens with zero attached hydrogens (tertiary/aromatic N) is 1. The van der Waals surface area contributed by atoms with Gasteiger partial charge in [-0.05, 0) is 61.5 Å². The number of halogens is 2. The van der Waals surface area contributed by atoms with E-state index in [0.29, 0.717) is 28.3 Å². The molecule has 0 fully saturated rings. The van der Waals surface area contributed by atoms with Crippen molar-refractivity contribution in [3.8, 4) is 0 Å². The van der Waals surface area contributed by atoms with Crippen LogP contribution in [0.5, 0.6) is 0 Å². The van der Waals surface area contributed by atoms with Crippen LogP contribution in [0.4, 0.5) is 21.6 Å². The molecular formula is C20H15ClFN3O2. The van der Waals surface area contributed by atoms with Crippen LogP contribution in [-0.4, -0.2) is 16.7 Å². The first-order valence-electron chi connectivity index (χ1n) is 8.03. The normalized spacial score (nSPS) is 10.3. The lowest BCUT2D eigenvalue weighted by molar-refractivity contribution is 0.101. The summed E-state index contributed by atoms with van der Waals surface area (Å²) in [5, 5.41) is 5.72. The second kappa shape index (κ2) is 7.97.